The molecule has 0 atom stereocenters. The molecule has 0 saturated heterocycles. The second-order valence-electron chi connectivity index (χ2n) is 6.91. The Hall–Kier alpha value is -3.19. The lowest BCUT2D eigenvalue weighted by atomic mass is 10.1. The van der Waals surface area contributed by atoms with Gasteiger partial charge >= 0.3 is 0 Å². The van der Waals surface area contributed by atoms with E-state index in [1.807, 2.05) is 43.3 Å². The van der Waals surface area contributed by atoms with Crippen molar-refractivity contribution in [2.75, 3.05) is 12.3 Å². The number of benzene rings is 2. The number of hydrogen-bond donors (Lipinski definition) is 1. The molecule has 0 unspecified atom stereocenters. The Morgan fingerprint density at radius 2 is 1.90 bits per heavy atom. The van der Waals surface area contributed by atoms with Gasteiger partial charge in [-0.1, -0.05) is 54.2 Å². The molecule has 0 spiro atoms. The summed E-state index contributed by atoms with van der Waals surface area (Å²) in [6.07, 6.45) is 2.52. The molecule has 2 aromatic heterocycles. The molecule has 4 aromatic rings. The van der Waals surface area contributed by atoms with E-state index in [0.29, 0.717) is 17.9 Å². The number of carbonyl (C=O) groups excluding carboxylic acids is 1. The van der Waals surface area contributed by atoms with Gasteiger partial charge in [-0.05, 0) is 42.7 Å². The number of fused-ring (bicyclic) bond motifs is 1. The Balaban J connectivity index is 1.44. The molecule has 1 amide bonds. The number of aryl methyl sites for hydroxylation is 1. The zero-order chi connectivity index (χ0) is 20.9. The molecule has 0 saturated carbocycles. The summed E-state index contributed by atoms with van der Waals surface area (Å²) >= 11 is 1.42. The number of nitrogens with zero attached hydrogens (tertiary/aromatic N) is 3. The number of carbonyl (C=O) groups is 1. The number of nitrogens with one attached hydrogen (secondary N) is 1. The lowest BCUT2D eigenvalue weighted by Crippen LogP contribution is -2.27. The van der Waals surface area contributed by atoms with E-state index in [2.05, 4.69) is 15.4 Å². The molecule has 5 nitrogen and oxygen atoms in total. The second kappa shape index (κ2) is 9.09. The van der Waals surface area contributed by atoms with Crippen LogP contribution in [0.4, 0.5) is 4.39 Å². The van der Waals surface area contributed by atoms with Crippen molar-refractivity contribution in [3.05, 3.63) is 83.9 Å². The van der Waals surface area contributed by atoms with Crippen LogP contribution in [0.5, 0.6) is 0 Å². The highest BCUT2D eigenvalue weighted by Gasteiger charge is 2.13. The van der Waals surface area contributed by atoms with E-state index in [4.69, 9.17) is 0 Å². The van der Waals surface area contributed by atoms with Crippen LogP contribution in [0.25, 0.3) is 16.8 Å². The van der Waals surface area contributed by atoms with Crippen LogP contribution >= 0.6 is 11.8 Å². The number of thioether (sulfide) groups is 1. The molecule has 0 fully saturated rings. The average Bonchev–Trinajstić information content (AvgIpc) is 3.17. The van der Waals surface area contributed by atoms with Crippen molar-refractivity contribution in [3.63, 3.8) is 0 Å². The number of rotatable bonds is 7. The van der Waals surface area contributed by atoms with Gasteiger partial charge in [-0.3, -0.25) is 4.79 Å². The number of aromatic nitrogens is 3. The van der Waals surface area contributed by atoms with Crippen LogP contribution < -0.4 is 5.32 Å². The fourth-order valence-electron chi connectivity index (χ4n) is 3.17. The Labute approximate surface area is 178 Å². The molecule has 4 rings (SSSR count). The van der Waals surface area contributed by atoms with Gasteiger partial charge in [-0.15, -0.1) is 0 Å². The Kier molecular flexibility index (Phi) is 6.09. The van der Waals surface area contributed by atoms with E-state index in [9.17, 15) is 9.18 Å². The first-order valence-electron chi connectivity index (χ1n) is 9.65. The Morgan fingerprint density at radius 3 is 2.67 bits per heavy atom. The van der Waals surface area contributed by atoms with Gasteiger partial charge in [0.15, 0.2) is 5.65 Å². The smallest absolute Gasteiger partial charge is 0.230 e. The normalized spacial score (nSPS) is 11.0. The molecule has 0 radical (unpaired) electrons. The zero-order valence-electron chi connectivity index (χ0n) is 16.5. The summed E-state index contributed by atoms with van der Waals surface area (Å²) in [6, 6.07) is 18.2. The Morgan fingerprint density at radius 1 is 1.13 bits per heavy atom. The highest BCUT2D eigenvalue weighted by atomic mass is 32.2. The van der Waals surface area contributed by atoms with Gasteiger partial charge in [0.1, 0.15) is 10.8 Å². The van der Waals surface area contributed by atoms with E-state index < -0.39 is 0 Å². The second-order valence-corrected chi connectivity index (χ2v) is 7.91. The maximum absolute atomic E-state index is 13.3. The minimum absolute atomic E-state index is 0.0236. The van der Waals surface area contributed by atoms with E-state index in [1.54, 1.807) is 22.8 Å². The fourth-order valence-corrected chi connectivity index (χ4v) is 4.06. The van der Waals surface area contributed by atoms with E-state index in [0.717, 1.165) is 28.3 Å². The highest BCUT2D eigenvalue weighted by Crippen LogP contribution is 2.27. The van der Waals surface area contributed by atoms with Gasteiger partial charge < -0.3 is 5.32 Å². The number of halogens is 1. The van der Waals surface area contributed by atoms with Gasteiger partial charge in [0.25, 0.3) is 0 Å². The minimum atomic E-state index is -0.283. The van der Waals surface area contributed by atoms with Crippen LogP contribution in [0.2, 0.25) is 0 Å². The summed E-state index contributed by atoms with van der Waals surface area (Å²) in [5, 5.41) is 8.24. The molecule has 0 aliphatic heterocycles. The number of hydrogen-bond acceptors (Lipinski definition) is 4. The van der Waals surface area contributed by atoms with Crippen LogP contribution in [0, 0.1) is 12.7 Å². The van der Waals surface area contributed by atoms with Crippen molar-refractivity contribution in [3.8, 4) is 11.1 Å². The first-order chi connectivity index (χ1) is 14.6. The summed E-state index contributed by atoms with van der Waals surface area (Å²) in [7, 11) is 0. The van der Waals surface area contributed by atoms with Crippen LogP contribution in [-0.4, -0.2) is 32.8 Å². The molecule has 0 aliphatic carbocycles. The molecule has 0 aliphatic rings. The molecule has 2 aromatic carbocycles. The summed E-state index contributed by atoms with van der Waals surface area (Å²) in [6.45, 7) is 2.51. The predicted octanol–water partition coefficient (Wildman–Crippen LogP) is 4.29. The van der Waals surface area contributed by atoms with Crippen LogP contribution in [0.3, 0.4) is 0 Å². The van der Waals surface area contributed by atoms with Crippen LogP contribution in [-0.2, 0) is 11.2 Å². The van der Waals surface area contributed by atoms with Crippen LogP contribution in [0.15, 0.2) is 71.9 Å². The zero-order valence-corrected chi connectivity index (χ0v) is 17.3. The van der Waals surface area contributed by atoms with E-state index in [1.165, 1.54) is 29.5 Å². The lowest BCUT2D eigenvalue weighted by Gasteiger charge is -2.08. The largest absolute Gasteiger partial charge is 0.355 e. The third-order valence-corrected chi connectivity index (χ3v) is 5.65. The number of amides is 1. The molecule has 1 N–H and O–H groups in total. The molecule has 152 valence electrons. The fraction of sp³-hybridized carbons (Fsp3) is 0.174. The minimum Gasteiger partial charge on any atom is -0.355 e. The molecule has 2 heterocycles. The Bertz CT molecular complexity index is 1160. The van der Waals surface area contributed by atoms with Gasteiger partial charge in [0.2, 0.25) is 5.91 Å². The van der Waals surface area contributed by atoms with Gasteiger partial charge in [-0.2, -0.15) is 5.10 Å². The van der Waals surface area contributed by atoms with Crippen molar-refractivity contribution in [2.45, 2.75) is 18.4 Å². The predicted molar refractivity (Wildman–Crippen MR) is 117 cm³/mol. The maximum atomic E-state index is 13.3. The standard InChI is InChI=1S/C23H21FN4OS/c1-16-13-22(30-15-21(29)25-12-11-17-5-3-2-4-6-17)28-23(27-16)20(14-26-28)18-7-9-19(24)10-8-18/h2-10,13-14H,11-12,15H2,1H3,(H,25,29). The molecule has 7 heteroatoms. The molecule has 30 heavy (non-hydrogen) atoms. The summed E-state index contributed by atoms with van der Waals surface area (Å²) < 4.78 is 15.0. The SMILES string of the molecule is Cc1cc(SCC(=O)NCCc2ccccc2)n2ncc(-c3ccc(F)cc3)c2n1. The van der Waals surface area contributed by atoms with Gasteiger partial charge in [0, 0.05) is 17.8 Å². The summed E-state index contributed by atoms with van der Waals surface area (Å²) in [5.74, 6) is -0.0163. The third-order valence-electron chi connectivity index (χ3n) is 4.65. The molecular formula is C23H21FN4OS. The molecular weight excluding hydrogens is 399 g/mol. The van der Waals surface area contributed by atoms with Crippen molar-refractivity contribution < 1.29 is 9.18 Å². The van der Waals surface area contributed by atoms with E-state index in [-0.39, 0.29) is 11.7 Å². The quantitative estimate of drug-likeness (QED) is 0.358. The third kappa shape index (κ3) is 4.68. The lowest BCUT2D eigenvalue weighted by molar-refractivity contribution is -0.118. The first kappa shape index (κ1) is 20.1. The summed E-state index contributed by atoms with van der Waals surface area (Å²) in [4.78, 5) is 16.9. The van der Waals surface area contributed by atoms with Crippen LogP contribution in [0.1, 0.15) is 11.3 Å². The van der Waals surface area contributed by atoms with Crippen molar-refractivity contribution in [1.29, 1.82) is 0 Å². The average molecular weight is 421 g/mol. The monoisotopic (exact) mass is 420 g/mol. The highest BCUT2D eigenvalue weighted by molar-refractivity contribution is 7.99. The van der Waals surface area contributed by atoms with Crippen molar-refractivity contribution in [1.82, 2.24) is 19.9 Å². The topological polar surface area (TPSA) is 59.3 Å². The van der Waals surface area contributed by atoms with Gasteiger partial charge in [-0.25, -0.2) is 13.9 Å². The van der Waals surface area contributed by atoms with Crippen molar-refractivity contribution >= 4 is 23.3 Å². The van der Waals surface area contributed by atoms with Crippen molar-refractivity contribution in [2.24, 2.45) is 0 Å². The van der Waals surface area contributed by atoms with Gasteiger partial charge in [0.05, 0.1) is 11.9 Å². The first-order valence-corrected chi connectivity index (χ1v) is 10.6. The molecule has 0 bridgehead atoms. The maximum Gasteiger partial charge on any atom is 0.230 e. The van der Waals surface area contributed by atoms with E-state index >= 15 is 0 Å². The summed E-state index contributed by atoms with van der Waals surface area (Å²) in [5.41, 5.74) is 4.39.